The Bertz CT molecular complexity index is 822. The van der Waals surface area contributed by atoms with Crippen molar-refractivity contribution in [2.24, 2.45) is 4.99 Å². The summed E-state index contributed by atoms with van der Waals surface area (Å²) in [5.41, 5.74) is 2.95. The van der Waals surface area contributed by atoms with E-state index in [0.717, 1.165) is 17.0 Å². The number of rotatable bonds is 4. The highest BCUT2D eigenvalue weighted by Gasteiger charge is 2.23. The van der Waals surface area contributed by atoms with E-state index in [-0.39, 0.29) is 12.0 Å². The molecule has 0 aromatic heterocycles. The summed E-state index contributed by atoms with van der Waals surface area (Å²) in [5, 5.41) is 3.40. The number of hydrogen-bond donors (Lipinski definition) is 1. The fourth-order valence-electron chi connectivity index (χ4n) is 2.28. The van der Waals surface area contributed by atoms with Crippen LogP contribution in [0.25, 0.3) is 6.08 Å². The van der Waals surface area contributed by atoms with Crippen LogP contribution in [0.1, 0.15) is 25.0 Å². The summed E-state index contributed by atoms with van der Waals surface area (Å²) in [7, 11) is 0. The molecular formula is C20H20N2O2S. The number of nitrogens with zero attached hydrogens (tertiary/aromatic N) is 1. The average Bonchev–Trinajstić information content (AvgIpc) is 2.90. The van der Waals surface area contributed by atoms with E-state index >= 15 is 0 Å². The van der Waals surface area contributed by atoms with Gasteiger partial charge >= 0.3 is 0 Å². The van der Waals surface area contributed by atoms with Crippen LogP contribution in [-0.2, 0) is 4.79 Å². The number of benzene rings is 2. The second kappa shape index (κ2) is 7.57. The van der Waals surface area contributed by atoms with Gasteiger partial charge in [0, 0.05) is 0 Å². The monoisotopic (exact) mass is 352 g/mol. The standard InChI is InChI=1S/C20H20N2O2S/c1-13(2)24-17-10-6-15(7-11-17)12-18-19(23)22-20(25-18)21-16-8-4-14(3)5-9-16/h4-13H,1-3H3,(H,21,22,23)/b18-12+. The van der Waals surface area contributed by atoms with Gasteiger partial charge in [-0.15, -0.1) is 0 Å². The third kappa shape index (κ3) is 4.73. The van der Waals surface area contributed by atoms with Crippen LogP contribution in [0.3, 0.4) is 0 Å². The number of hydrogen-bond acceptors (Lipinski definition) is 4. The Morgan fingerprint density at radius 3 is 2.40 bits per heavy atom. The fraction of sp³-hybridized carbons (Fsp3) is 0.200. The molecule has 128 valence electrons. The number of ether oxygens (including phenoxy) is 1. The molecule has 0 atom stereocenters. The summed E-state index contributed by atoms with van der Waals surface area (Å²) in [5.74, 6) is 0.695. The van der Waals surface area contributed by atoms with Gasteiger partial charge in [0.1, 0.15) is 5.75 Å². The molecule has 0 bridgehead atoms. The molecule has 0 aliphatic carbocycles. The first kappa shape index (κ1) is 17.3. The van der Waals surface area contributed by atoms with Crippen molar-refractivity contribution in [2.75, 3.05) is 0 Å². The van der Waals surface area contributed by atoms with Crippen LogP contribution < -0.4 is 10.1 Å². The predicted molar refractivity (Wildman–Crippen MR) is 104 cm³/mol. The lowest BCUT2D eigenvalue weighted by molar-refractivity contribution is -0.115. The Hall–Kier alpha value is -2.53. The van der Waals surface area contributed by atoms with Crippen molar-refractivity contribution in [1.82, 2.24) is 5.32 Å². The molecule has 0 radical (unpaired) electrons. The van der Waals surface area contributed by atoms with E-state index in [1.165, 1.54) is 17.3 Å². The Morgan fingerprint density at radius 1 is 1.08 bits per heavy atom. The lowest BCUT2D eigenvalue weighted by Gasteiger charge is -2.09. The number of amidine groups is 1. The molecule has 1 heterocycles. The van der Waals surface area contributed by atoms with Gasteiger partial charge in [0.2, 0.25) is 0 Å². The maximum Gasteiger partial charge on any atom is 0.264 e. The molecular weight excluding hydrogens is 332 g/mol. The van der Waals surface area contributed by atoms with Crippen molar-refractivity contribution in [3.8, 4) is 5.75 Å². The highest BCUT2D eigenvalue weighted by atomic mass is 32.2. The van der Waals surface area contributed by atoms with Crippen molar-refractivity contribution in [1.29, 1.82) is 0 Å². The minimum Gasteiger partial charge on any atom is -0.491 e. The smallest absolute Gasteiger partial charge is 0.264 e. The lowest BCUT2D eigenvalue weighted by Crippen LogP contribution is -2.19. The van der Waals surface area contributed by atoms with Crippen LogP contribution >= 0.6 is 11.8 Å². The molecule has 1 aliphatic rings. The highest BCUT2D eigenvalue weighted by molar-refractivity contribution is 8.18. The first-order valence-electron chi connectivity index (χ1n) is 8.12. The van der Waals surface area contributed by atoms with E-state index in [1.54, 1.807) is 0 Å². The third-order valence-electron chi connectivity index (χ3n) is 3.47. The van der Waals surface area contributed by atoms with Gasteiger partial charge in [-0.25, -0.2) is 4.99 Å². The Labute approximate surface area is 152 Å². The molecule has 0 unspecified atom stereocenters. The summed E-state index contributed by atoms with van der Waals surface area (Å²) >= 11 is 1.35. The minimum absolute atomic E-state index is 0.127. The van der Waals surface area contributed by atoms with Crippen molar-refractivity contribution in [3.63, 3.8) is 0 Å². The van der Waals surface area contributed by atoms with Crippen molar-refractivity contribution in [3.05, 3.63) is 64.6 Å². The van der Waals surface area contributed by atoms with Crippen molar-refractivity contribution in [2.45, 2.75) is 26.9 Å². The molecule has 1 amide bonds. The van der Waals surface area contributed by atoms with Gasteiger partial charge in [-0.3, -0.25) is 4.79 Å². The number of nitrogens with one attached hydrogen (secondary N) is 1. The Morgan fingerprint density at radius 2 is 1.76 bits per heavy atom. The predicted octanol–water partition coefficient (Wildman–Crippen LogP) is 4.67. The summed E-state index contributed by atoms with van der Waals surface area (Å²) < 4.78 is 5.63. The number of carbonyl (C=O) groups is 1. The van der Waals surface area contributed by atoms with Gasteiger partial charge < -0.3 is 10.1 Å². The first-order valence-corrected chi connectivity index (χ1v) is 8.94. The SMILES string of the molecule is Cc1ccc(N=C2NC(=O)/C(=C\c3ccc(OC(C)C)cc3)S2)cc1. The molecule has 25 heavy (non-hydrogen) atoms. The lowest BCUT2D eigenvalue weighted by atomic mass is 10.2. The summed E-state index contributed by atoms with van der Waals surface area (Å²) in [6.45, 7) is 6.01. The minimum atomic E-state index is -0.127. The first-order chi connectivity index (χ1) is 12.0. The van der Waals surface area contributed by atoms with Crippen LogP contribution in [-0.4, -0.2) is 17.2 Å². The number of carbonyl (C=O) groups excluding carboxylic acids is 1. The normalized spacial score (nSPS) is 17.4. The molecule has 5 heteroatoms. The van der Waals surface area contributed by atoms with E-state index < -0.39 is 0 Å². The number of amides is 1. The second-order valence-corrected chi connectivity index (χ2v) is 7.08. The van der Waals surface area contributed by atoms with Gasteiger partial charge in [0.15, 0.2) is 5.17 Å². The van der Waals surface area contributed by atoms with Crippen molar-refractivity contribution >= 4 is 34.6 Å². The number of aliphatic imine (C=N–C) groups is 1. The van der Waals surface area contributed by atoms with E-state index in [1.807, 2.05) is 75.4 Å². The zero-order valence-corrected chi connectivity index (χ0v) is 15.3. The Balaban J connectivity index is 1.73. The van der Waals surface area contributed by atoms with Crippen LogP contribution in [0.4, 0.5) is 5.69 Å². The highest BCUT2D eigenvalue weighted by Crippen LogP contribution is 2.28. The van der Waals surface area contributed by atoms with Crippen LogP contribution in [0, 0.1) is 6.92 Å². The molecule has 4 nitrogen and oxygen atoms in total. The van der Waals surface area contributed by atoms with E-state index in [9.17, 15) is 4.79 Å². The molecule has 1 aliphatic heterocycles. The van der Waals surface area contributed by atoms with Crippen LogP contribution in [0.5, 0.6) is 5.75 Å². The fourth-order valence-corrected chi connectivity index (χ4v) is 3.13. The maximum absolute atomic E-state index is 12.1. The zero-order chi connectivity index (χ0) is 17.8. The zero-order valence-electron chi connectivity index (χ0n) is 14.4. The molecule has 0 saturated carbocycles. The van der Waals surface area contributed by atoms with Crippen molar-refractivity contribution < 1.29 is 9.53 Å². The molecule has 1 saturated heterocycles. The maximum atomic E-state index is 12.1. The average molecular weight is 352 g/mol. The quantitative estimate of drug-likeness (QED) is 0.813. The Kier molecular flexibility index (Phi) is 5.24. The molecule has 2 aromatic carbocycles. The molecule has 3 rings (SSSR count). The van der Waals surface area contributed by atoms with E-state index in [0.29, 0.717) is 10.1 Å². The summed E-state index contributed by atoms with van der Waals surface area (Å²) in [4.78, 5) is 17.2. The largest absolute Gasteiger partial charge is 0.491 e. The van der Waals surface area contributed by atoms with Gasteiger partial charge in [-0.2, -0.15) is 0 Å². The topological polar surface area (TPSA) is 50.7 Å². The van der Waals surface area contributed by atoms with Gasteiger partial charge in [0.25, 0.3) is 5.91 Å². The third-order valence-corrected chi connectivity index (χ3v) is 4.38. The number of thioether (sulfide) groups is 1. The molecule has 0 spiro atoms. The second-order valence-electron chi connectivity index (χ2n) is 6.05. The van der Waals surface area contributed by atoms with Gasteiger partial charge in [-0.1, -0.05) is 29.8 Å². The summed E-state index contributed by atoms with van der Waals surface area (Å²) in [6, 6.07) is 15.6. The van der Waals surface area contributed by atoms with E-state index in [4.69, 9.17) is 4.74 Å². The number of aryl methyl sites for hydroxylation is 1. The molecule has 1 fully saturated rings. The molecule has 2 aromatic rings. The van der Waals surface area contributed by atoms with Gasteiger partial charge in [0.05, 0.1) is 16.7 Å². The van der Waals surface area contributed by atoms with Crippen LogP contribution in [0.2, 0.25) is 0 Å². The summed E-state index contributed by atoms with van der Waals surface area (Å²) in [6.07, 6.45) is 2.00. The van der Waals surface area contributed by atoms with E-state index in [2.05, 4.69) is 10.3 Å². The van der Waals surface area contributed by atoms with Gasteiger partial charge in [-0.05, 0) is 68.4 Å². The molecule has 1 N–H and O–H groups in total. The van der Waals surface area contributed by atoms with Crippen LogP contribution in [0.15, 0.2) is 58.4 Å².